The normalized spacial score (nSPS) is 11.0. The SMILES string of the molecule is COc1cccc(CN(Cc2ccco2)C(=O)CCc2nc3ccccc3n2C)c1. The maximum Gasteiger partial charge on any atom is 0.223 e. The molecule has 0 atom stereocenters. The maximum atomic E-state index is 13.1. The summed E-state index contributed by atoms with van der Waals surface area (Å²) < 4.78 is 12.9. The Morgan fingerprint density at radius 3 is 2.73 bits per heavy atom. The van der Waals surface area contributed by atoms with Crippen LogP contribution in [0.4, 0.5) is 0 Å². The van der Waals surface area contributed by atoms with Crippen LogP contribution in [-0.2, 0) is 31.4 Å². The van der Waals surface area contributed by atoms with Crippen LogP contribution in [0.5, 0.6) is 5.75 Å². The quantitative estimate of drug-likeness (QED) is 0.439. The summed E-state index contributed by atoms with van der Waals surface area (Å²) >= 11 is 0. The standard InChI is InChI=1S/C24H25N3O3/c1-26-22-11-4-3-10-21(22)25-23(26)12-13-24(28)27(17-20-9-6-14-30-20)16-18-7-5-8-19(15-18)29-2/h3-11,14-15H,12-13,16-17H2,1-2H3. The number of rotatable bonds is 8. The third kappa shape index (κ3) is 4.38. The molecule has 0 saturated heterocycles. The highest BCUT2D eigenvalue weighted by Gasteiger charge is 2.18. The number of methoxy groups -OCH3 is 1. The van der Waals surface area contributed by atoms with Gasteiger partial charge in [-0.25, -0.2) is 4.98 Å². The van der Waals surface area contributed by atoms with Crippen LogP contribution < -0.4 is 4.74 Å². The number of nitrogens with zero attached hydrogens (tertiary/aromatic N) is 3. The molecule has 1 amide bonds. The van der Waals surface area contributed by atoms with Gasteiger partial charge in [0.25, 0.3) is 0 Å². The first-order valence-electron chi connectivity index (χ1n) is 9.97. The third-order valence-electron chi connectivity index (χ3n) is 5.23. The molecule has 2 aromatic carbocycles. The molecule has 0 radical (unpaired) electrons. The first kappa shape index (κ1) is 19.8. The van der Waals surface area contributed by atoms with Crippen LogP contribution in [0.3, 0.4) is 0 Å². The van der Waals surface area contributed by atoms with Crippen molar-refractivity contribution in [2.75, 3.05) is 7.11 Å². The Kier molecular flexibility index (Phi) is 5.84. The molecule has 0 spiro atoms. The summed E-state index contributed by atoms with van der Waals surface area (Å²) in [5, 5.41) is 0. The van der Waals surface area contributed by atoms with Gasteiger partial charge in [0.1, 0.15) is 17.3 Å². The molecule has 0 unspecified atom stereocenters. The summed E-state index contributed by atoms with van der Waals surface area (Å²) in [4.78, 5) is 19.6. The van der Waals surface area contributed by atoms with Gasteiger partial charge in [0.15, 0.2) is 0 Å². The number of ether oxygens (including phenoxy) is 1. The van der Waals surface area contributed by atoms with E-state index in [4.69, 9.17) is 9.15 Å². The number of amides is 1. The molecule has 0 fully saturated rings. The average molecular weight is 403 g/mol. The van der Waals surface area contributed by atoms with E-state index in [1.54, 1.807) is 13.4 Å². The zero-order chi connectivity index (χ0) is 20.9. The van der Waals surface area contributed by atoms with Gasteiger partial charge in [-0.3, -0.25) is 4.79 Å². The number of aryl methyl sites for hydroxylation is 2. The number of furan rings is 1. The van der Waals surface area contributed by atoms with E-state index in [0.29, 0.717) is 25.9 Å². The fourth-order valence-electron chi connectivity index (χ4n) is 3.61. The van der Waals surface area contributed by atoms with Gasteiger partial charge in [-0.15, -0.1) is 0 Å². The van der Waals surface area contributed by atoms with Crippen LogP contribution in [0.2, 0.25) is 0 Å². The highest BCUT2D eigenvalue weighted by atomic mass is 16.5. The summed E-state index contributed by atoms with van der Waals surface area (Å²) in [6, 6.07) is 19.5. The molecule has 4 rings (SSSR count). The Labute approximate surface area is 175 Å². The topological polar surface area (TPSA) is 60.5 Å². The average Bonchev–Trinajstić information content (AvgIpc) is 3.40. The van der Waals surface area contributed by atoms with Gasteiger partial charge < -0.3 is 18.6 Å². The zero-order valence-corrected chi connectivity index (χ0v) is 17.2. The molecule has 0 aliphatic rings. The van der Waals surface area contributed by atoms with E-state index >= 15 is 0 Å². The molecule has 154 valence electrons. The van der Waals surface area contributed by atoms with Crippen LogP contribution in [-0.4, -0.2) is 27.5 Å². The van der Waals surface area contributed by atoms with Gasteiger partial charge in [-0.1, -0.05) is 24.3 Å². The molecule has 0 aliphatic heterocycles. The minimum absolute atomic E-state index is 0.0567. The highest BCUT2D eigenvalue weighted by molar-refractivity contribution is 5.78. The molecular weight excluding hydrogens is 378 g/mol. The zero-order valence-electron chi connectivity index (χ0n) is 17.2. The molecule has 0 bridgehead atoms. The van der Waals surface area contributed by atoms with E-state index in [1.807, 2.05) is 72.6 Å². The Morgan fingerprint density at radius 2 is 1.97 bits per heavy atom. The summed E-state index contributed by atoms with van der Waals surface area (Å²) in [5.74, 6) is 2.50. The molecule has 2 heterocycles. The lowest BCUT2D eigenvalue weighted by molar-refractivity contribution is -0.132. The van der Waals surface area contributed by atoms with Crippen molar-refractivity contribution in [2.45, 2.75) is 25.9 Å². The molecule has 0 saturated carbocycles. The Hall–Kier alpha value is -3.54. The summed E-state index contributed by atoms with van der Waals surface area (Å²) in [7, 11) is 3.63. The lowest BCUT2D eigenvalue weighted by atomic mass is 10.1. The third-order valence-corrected chi connectivity index (χ3v) is 5.23. The van der Waals surface area contributed by atoms with E-state index in [0.717, 1.165) is 33.9 Å². The van der Waals surface area contributed by atoms with Crippen LogP contribution >= 0.6 is 0 Å². The molecular formula is C24H25N3O3. The number of imidazole rings is 1. The number of para-hydroxylation sites is 2. The van der Waals surface area contributed by atoms with Gasteiger partial charge in [-0.2, -0.15) is 0 Å². The first-order valence-corrected chi connectivity index (χ1v) is 9.97. The lowest BCUT2D eigenvalue weighted by Crippen LogP contribution is -2.30. The number of benzene rings is 2. The highest BCUT2D eigenvalue weighted by Crippen LogP contribution is 2.19. The number of hydrogen-bond acceptors (Lipinski definition) is 4. The monoisotopic (exact) mass is 403 g/mol. The van der Waals surface area contributed by atoms with Gasteiger partial charge in [0.2, 0.25) is 5.91 Å². The second kappa shape index (κ2) is 8.86. The first-order chi connectivity index (χ1) is 14.6. The van der Waals surface area contributed by atoms with Crippen LogP contribution in [0, 0.1) is 0 Å². The van der Waals surface area contributed by atoms with Crippen molar-refractivity contribution in [1.29, 1.82) is 0 Å². The van der Waals surface area contributed by atoms with Crippen molar-refractivity contribution < 1.29 is 13.9 Å². The number of fused-ring (bicyclic) bond motifs is 1. The van der Waals surface area contributed by atoms with E-state index in [-0.39, 0.29) is 5.91 Å². The fourth-order valence-corrected chi connectivity index (χ4v) is 3.61. The van der Waals surface area contributed by atoms with Crippen LogP contribution in [0.15, 0.2) is 71.3 Å². The van der Waals surface area contributed by atoms with Crippen molar-refractivity contribution in [3.63, 3.8) is 0 Å². The van der Waals surface area contributed by atoms with Crippen LogP contribution in [0.25, 0.3) is 11.0 Å². The molecule has 0 aliphatic carbocycles. The van der Waals surface area contributed by atoms with Gasteiger partial charge in [0, 0.05) is 26.4 Å². The minimum atomic E-state index is 0.0567. The van der Waals surface area contributed by atoms with Gasteiger partial charge >= 0.3 is 0 Å². The second-order valence-electron chi connectivity index (χ2n) is 7.26. The van der Waals surface area contributed by atoms with Crippen molar-refractivity contribution in [3.8, 4) is 5.75 Å². The lowest BCUT2D eigenvalue weighted by Gasteiger charge is -2.22. The molecule has 30 heavy (non-hydrogen) atoms. The van der Waals surface area contributed by atoms with Crippen molar-refractivity contribution >= 4 is 16.9 Å². The number of carbonyl (C=O) groups is 1. The second-order valence-corrected chi connectivity index (χ2v) is 7.26. The summed E-state index contributed by atoms with van der Waals surface area (Å²) in [6.07, 6.45) is 2.58. The smallest absolute Gasteiger partial charge is 0.223 e. The van der Waals surface area contributed by atoms with E-state index in [9.17, 15) is 4.79 Å². The fraction of sp³-hybridized carbons (Fsp3) is 0.250. The predicted molar refractivity (Wildman–Crippen MR) is 115 cm³/mol. The predicted octanol–water partition coefficient (Wildman–Crippen LogP) is 4.34. The Bertz CT molecular complexity index is 1130. The summed E-state index contributed by atoms with van der Waals surface area (Å²) in [5.41, 5.74) is 3.03. The summed E-state index contributed by atoms with van der Waals surface area (Å²) in [6.45, 7) is 0.908. The Balaban J connectivity index is 1.50. The van der Waals surface area contributed by atoms with Gasteiger partial charge in [-0.05, 0) is 42.0 Å². The molecule has 4 aromatic rings. The maximum absolute atomic E-state index is 13.1. The Morgan fingerprint density at radius 1 is 1.10 bits per heavy atom. The molecule has 0 N–H and O–H groups in total. The van der Waals surface area contributed by atoms with Crippen molar-refractivity contribution in [2.24, 2.45) is 7.05 Å². The number of carbonyl (C=O) groups excluding carboxylic acids is 1. The van der Waals surface area contributed by atoms with Crippen molar-refractivity contribution in [1.82, 2.24) is 14.5 Å². The van der Waals surface area contributed by atoms with E-state index in [2.05, 4.69) is 9.55 Å². The molecule has 2 aromatic heterocycles. The van der Waals surface area contributed by atoms with E-state index < -0.39 is 0 Å². The minimum Gasteiger partial charge on any atom is -0.497 e. The largest absolute Gasteiger partial charge is 0.497 e. The molecule has 6 nitrogen and oxygen atoms in total. The van der Waals surface area contributed by atoms with Gasteiger partial charge in [0.05, 0.1) is 31.0 Å². The molecule has 6 heteroatoms. The number of hydrogen-bond donors (Lipinski definition) is 0. The van der Waals surface area contributed by atoms with E-state index in [1.165, 1.54) is 0 Å². The number of aromatic nitrogens is 2. The van der Waals surface area contributed by atoms with Crippen LogP contribution in [0.1, 0.15) is 23.6 Å². The van der Waals surface area contributed by atoms with Crippen molar-refractivity contribution in [3.05, 3.63) is 84.1 Å².